The zero-order valence-electron chi connectivity index (χ0n) is 16.5. The molecule has 0 saturated carbocycles. The Hall–Kier alpha value is 0.175. The van der Waals surface area contributed by atoms with Crippen molar-refractivity contribution in [3.63, 3.8) is 0 Å². The summed E-state index contributed by atoms with van der Waals surface area (Å²) in [5.74, 6) is -0.640. The third kappa shape index (κ3) is 32.4. The predicted molar refractivity (Wildman–Crippen MR) is 129 cm³/mol. The van der Waals surface area contributed by atoms with Crippen molar-refractivity contribution in [1.82, 2.24) is 5.43 Å². The quantitative estimate of drug-likeness (QED) is 0.180. The Morgan fingerprint density at radius 1 is 1.10 bits per heavy atom. The van der Waals surface area contributed by atoms with Gasteiger partial charge in [-0.15, -0.1) is 6.42 Å². The molecule has 2 radical (unpaired) electrons. The summed E-state index contributed by atoms with van der Waals surface area (Å²) in [4.78, 5) is 31.8. The van der Waals surface area contributed by atoms with Crippen LogP contribution in [0.1, 0.15) is 69.5 Å². The van der Waals surface area contributed by atoms with E-state index in [1.165, 1.54) is 0 Å². The van der Waals surface area contributed by atoms with Gasteiger partial charge >= 0.3 is 57.4 Å². The number of carbonyl (C=O) groups excluding carboxylic acids is 3. The van der Waals surface area contributed by atoms with E-state index in [0.717, 1.165) is 11.1 Å². The normalized spacial score (nSPS) is 7.03. The summed E-state index contributed by atoms with van der Waals surface area (Å²) in [5.41, 5.74) is 4.03. The molecule has 0 fully saturated rings. The van der Waals surface area contributed by atoms with Crippen LogP contribution in [0.5, 0.6) is 0 Å². The van der Waals surface area contributed by atoms with E-state index in [-0.39, 0.29) is 134 Å². The van der Waals surface area contributed by atoms with Crippen LogP contribution in [0.25, 0.3) is 0 Å². The van der Waals surface area contributed by atoms with Crippen LogP contribution in [0.4, 0.5) is 0 Å². The maximum atomic E-state index is 11.1. The molecule has 0 saturated heterocycles. The third-order valence-corrected chi connectivity index (χ3v) is 2.73. The Morgan fingerprint density at radius 2 is 1.55 bits per heavy atom. The Bertz CT molecular complexity index is 526. The van der Waals surface area contributed by atoms with Crippen LogP contribution < -0.4 is 56.8 Å². The molecule has 6 nitrogen and oxygen atoms in total. The molecule has 1 rings (SSSR count). The van der Waals surface area contributed by atoms with Crippen molar-refractivity contribution in [2.75, 3.05) is 0 Å². The second-order valence-electron chi connectivity index (χ2n) is 4.65. The second-order valence-corrected chi connectivity index (χ2v) is 4.65. The SMILES string of the molecule is C.C.C.C.C.C=NNC([CH2-])=O.[CH2-]CC(=O)[B]Cc1ccc(COC(=O)CC)cc1.[H-].[K+].[Y]. The maximum absolute atomic E-state index is 11.1. The van der Waals surface area contributed by atoms with Crippen LogP contribution in [-0.2, 0) is 64.8 Å². The van der Waals surface area contributed by atoms with Gasteiger partial charge in [-0.05, 0) is 11.9 Å². The number of esters is 1. The van der Waals surface area contributed by atoms with E-state index in [1.807, 2.05) is 29.7 Å². The first kappa shape index (κ1) is 52.9. The number of nitrogens with one attached hydrogen (secondary N) is 1. The van der Waals surface area contributed by atoms with Crippen LogP contribution in [0.2, 0.25) is 0 Å². The molecule has 0 heterocycles. The van der Waals surface area contributed by atoms with Crippen LogP contribution in [0.15, 0.2) is 29.4 Å². The molecule has 174 valence electrons. The summed E-state index contributed by atoms with van der Waals surface area (Å²) in [7, 11) is 1.64. The van der Waals surface area contributed by atoms with Crippen molar-refractivity contribution in [2.45, 2.75) is 69.8 Å². The molecular formula is C22H43BKN2O4Y-2. The largest absolute Gasteiger partial charge is 1.00 e. The number of ether oxygens (including phenoxy) is 1. The fourth-order valence-electron chi connectivity index (χ4n) is 1.46. The fraction of sp³-hybridized carbons (Fsp3) is 0.455. The van der Waals surface area contributed by atoms with Crippen molar-refractivity contribution in [1.29, 1.82) is 0 Å². The third-order valence-electron chi connectivity index (χ3n) is 2.73. The zero-order valence-corrected chi connectivity index (χ0v) is 21.5. The smallest absolute Gasteiger partial charge is 1.00 e. The molecule has 31 heavy (non-hydrogen) atoms. The average Bonchev–Trinajstić information content (AvgIpc) is 2.58. The molecule has 0 unspecified atom stereocenters. The number of hydrogen-bond acceptors (Lipinski definition) is 5. The molecule has 0 aliphatic heterocycles. The molecule has 9 heteroatoms. The van der Waals surface area contributed by atoms with Gasteiger partial charge in [-0.1, -0.05) is 73.9 Å². The van der Waals surface area contributed by atoms with Gasteiger partial charge in [0.1, 0.15) is 12.5 Å². The first-order valence-corrected chi connectivity index (χ1v) is 7.39. The first-order valence-electron chi connectivity index (χ1n) is 7.39. The van der Waals surface area contributed by atoms with E-state index >= 15 is 0 Å². The summed E-state index contributed by atoms with van der Waals surface area (Å²) in [6, 6.07) is 7.67. The second kappa shape index (κ2) is 34.8. The van der Waals surface area contributed by atoms with E-state index in [9.17, 15) is 14.4 Å². The van der Waals surface area contributed by atoms with E-state index in [2.05, 4.69) is 25.7 Å². The van der Waals surface area contributed by atoms with Gasteiger partial charge in [0.05, 0.1) is 5.68 Å². The number of rotatable bonds is 8. The zero-order chi connectivity index (χ0) is 18.4. The molecule has 0 bridgehead atoms. The molecule has 0 aliphatic rings. The summed E-state index contributed by atoms with van der Waals surface area (Å²) in [6.07, 6.45) is 1.30. The Kier molecular flexibility index (Phi) is 59.3. The van der Waals surface area contributed by atoms with Gasteiger partial charge in [-0.3, -0.25) is 10.2 Å². The molecule has 0 aromatic heterocycles. The number of hydrazone groups is 1. The predicted octanol–water partition coefficient (Wildman–Crippen LogP) is 1.94. The molecule has 1 N–H and O–H groups in total. The Balaban J connectivity index is -0.0000000486. The van der Waals surface area contributed by atoms with Gasteiger partial charge < -0.3 is 29.6 Å². The van der Waals surface area contributed by atoms with E-state index in [0.29, 0.717) is 25.8 Å². The summed E-state index contributed by atoms with van der Waals surface area (Å²) in [5, 5.41) is 3.02. The molecular weight excluding hydrogens is 495 g/mol. The molecule has 0 atom stereocenters. The Morgan fingerprint density at radius 3 is 1.87 bits per heavy atom. The molecule has 0 aliphatic carbocycles. The van der Waals surface area contributed by atoms with Crippen LogP contribution in [0, 0.1) is 13.8 Å². The minimum atomic E-state index is -0.440. The number of nitrogens with zero attached hydrogens (tertiary/aromatic N) is 1. The molecule has 1 aromatic carbocycles. The molecule has 0 spiro atoms. The van der Waals surface area contributed by atoms with Gasteiger partial charge in [0.25, 0.3) is 0 Å². The van der Waals surface area contributed by atoms with Gasteiger partial charge in [0.2, 0.25) is 7.28 Å². The number of benzene rings is 1. The van der Waals surface area contributed by atoms with Gasteiger partial charge in [-0.2, -0.15) is 5.10 Å². The van der Waals surface area contributed by atoms with Crippen LogP contribution in [-0.4, -0.2) is 31.6 Å². The first-order chi connectivity index (χ1) is 11.4. The van der Waals surface area contributed by atoms with Crippen molar-refractivity contribution in [3.05, 3.63) is 49.2 Å². The van der Waals surface area contributed by atoms with Crippen LogP contribution in [0.3, 0.4) is 0 Å². The van der Waals surface area contributed by atoms with Gasteiger partial charge in [-0.25, -0.2) is 0 Å². The number of hydrogen-bond donors (Lipinski definition) is 1. The number of amides is 1. The minimum absolute atomic E-state index is 0. The fourth-order valence-corrected chi connectivity index (χ4v) is 1.46. The van der Waals surface area contributed by atoms with Crippen LogP contribution >= 0.6 is 0 Å². The topological polar surface area (TPSA) is 84.8 Å². The van der Waals surface area contributed by atoms with Gasteiger partial charge in [0.15, 0.2) is 0 Å². The monoisotopic (exact) mass is 538 g/mol. The van der Waals surface area contributed by atoms with E-state index in [1.54, 1.807) is 14.2 Å². The minimum Gasteiger partial charge on any atom is -1.00 e. The van der Waals surface area contributed by atoms with Crippen molar-refractivity contribution < 1.29 is 105 Å². The molecule has 1 aromatic rings. The average molecular weight is 538 g/mol. The van der Waals surface area contributed by atoms with Crippen molar-refractivity contribution >= 4 is 31.6 Å². The van der Waals surface area contributed by atoms with E-state index < -0.39 is 5.91 Å². The molecule has 1 amide bonds. The van der Waals surface area contributed by atoms with Crippen molar-refractivity contribution in [2.24, 2.45) is 5.10 Å². The maximum Gasteiger partial charge on any atom is 1.00 e. The van der Waals surface area contributed by atoms with Gasteiger partial charge in [0, 0.05) is 45.8 Å². The van der Waals surface area contributed by atoms with Crippen molar-refractivity contribution in [3.8, 4) is 0 Å². The number of carbonyl (C=O) groups is 3. The van der Waals surface area contributed by atoms with E-state index in [4.69, 9.17) is 4.74 Å². The Labute approximate surface area is 262 Å². The summed E-state index contributed by atoms with van der Waals surface area (Å²) >= 11 is 0. The summed E-state index contributed by atoms with van der Waals surface area (Å²) < 4.78 is 5.02. The standard InChI is InChI=1S/C14H17BO3.C3H5N2O.5CH4.K.Y.H/c1-3-13(16)15-9-11-5-7-12(8-6-11)10-18-14(17)4-2;1-3(6)5-4-2;;;;;;;;/h5-8H,1,3-4,9-10H2,2H3;1-2H2,(H,5,6);5*1H4;;;/q2*-1;;;;;;+1;;-1. The summed E-state index contributed by atoms with van der Waals surface area (Å²) in [6.45, 7) is 11.5.